The SMILES string of the molecule is CN1CCCCC1c1cc(C(=O)NC2CCCC2)n[nH]1. The number of carbonyl (C=O) groups is 1. The van der Waals surface area contributed by atoms with Crippen LogP contribution in [0, 0.1) is 0 Å². The van der Waals surface area contributed by atoms with Crippen molar-refractivity contribution in [2.45, 2.75) is 57.0 Å². The Morgan fingerprint density at radius 2 is 2.05 bits per heavy atom. The first kappa shape index (κ1) is 13.6. The fourth-order valence-electron chi connectivity index (χ4n) is 3.42. The number of piperidine rings is 1. The molecule has 0 radical (unpaired) electrons. The summed E-state index contributed by atoms with van der Waals surface area (Å²) < 4.78 is 0. The van der Waals surface area contributed by atoms with Crippen LogP contribution < -0.4 is 5.32 Å². The van der Waals surface area contributed by atoms with Crippen LogP contribution in [0.2, 0.25) is 0 Å². The third-order valence-corrected chi connectivity index (χ3v) is 4.65. The van der Waals surface area contributed by atoms with Gasteiger partial charge in [-0.2, -0.15) is 5.10 Å². The Labute approximate surface area is 120 Å². The predicted molar refractivity (Wildman–Crippen MR) is 77.5 cm³/mol. The quantitative estimate of drug-likeness (QED) is 0.890. The van der Waals surface area contributed by atoms with E-state index in [-0.39, 0.29) is 5.91 Å². The largest absolute Gasteiger partial charge is 0.348 e. The molecule has 1 atom stereocenters. The molecule has 1 aromatic heterocycles. The second-order valence-corrected chi connectivity index (χ2v) is 6.16. The van der Waals surface area contributed by atoms with E-state index in [1.54, 1.807) is 0 Å². The number of amides is 1. The summed E-state index contributed by atoms with van der Waals surface area (Å²) in [5, 5.41) is 10.4. The Bertz CT molecular complexity index is 464. The molecule has 1 amide bonds. The number of nitrogens with zero attached hydrogens (tertiary/aromatic N) is 2. The highest BCUT2D eigenvalue weighted by Crippen LogP contribution is 2.28. The molecule has 1 aliphatic heterocycles. The van der Waals surface area contributed by atoms with Crippen LogP contribution in [0.3, 0.4) is 0 Å². The smallest absolute Gasteiger partial charge is 0.271 e. The van der Waals surface area contributed by atoms with Gasteiger partial charge >= 0.3 is 0 Å². The molecule has 0 aromatic carbocycles. The zero-order valence-electron chi connectivity index (χ0n) is 12.2. The molecular formula is C15H24N4O. The van der Waals surface area contributed by atoms with E-state index in [9.17, 15) is 4.79 Å². The summed E-state index contributed by atoms with van der Waals surface area (Å²) in [5.74, 6) is -0.0298. The van der Waals surface area contributed by atoms with Crippen LogP contribution in [0.5, 0.6) is 0 Å². The highest BCUT2D eigenvalue weighted by Gasteiger charge is 2.24. The fraction of sp³-hybridized carbons (Fsp3) is 0.733. The second-order valence-electron chi connectivity index (χ2n) is 6.16. The highest BCUT2D eigenvalue weighted by molar-refractivity contribution is 5.92. The number of aromatic nitrogens is 2. The number of H-pyrrole nitrogens is 1. The summed E-state index contributed by atoms with van der Waals surface area (Å²) in [6, 6.07) is 2.65. The van der Waals surface area contributed by atoms with E-state index in [1.165, 1.54) is 25.7 Å². The van der Waals surface area contributed by atoms with Gasteiger partial charge in [0.25, 0.3) is 5.91 Å². The lowest BCUT2D eigenvalue weighted by atomic mass is 10.00. The molecule has 0 spiro atoms. The van der Waals surface area contributed by atoms with Crippen LogP contribution in [-0.4, -0.2) is 40.6 Å². The van der Waals surface area contributed by atoms with Gasteiger partial charge in [-0.1, -0.05) is 19.3 Å². The van der Waals surface area contributed by atoms with Crippen molar-refractivity contribution < 1.29 is 4.79 Å². The molecule has 1 aromatic rings. The lowest BCUT2D eigenvalue weighted by Gasteiger charge is -2.31. The number of hydrogen-bond donors (Lipinski definition) is 2. The van der Waals surface area contributed by atoms with Crippen molar-refractivity contribution in [1.82, 2.24) is 20.4 Å². The number of nitrogens with one attached hydrogen (secondary N) is 2. The van der Waals surface area contributed by atoms with Crippen LogP contribution in [0.15, 0.2) is 6.07 Å². The molecule has 2 N–H and O–H groups in total. The van der Waals surface area contributed by atoms with E-state index in [0.717, 1.165) is 31.5 Å². The van der Waals surface area contributed by atoms with Crippen molar-refractivity contribution in [3.8, 4) is 0 Å². The Balaban J connectivity index is 1.64. The van der Waals surface area contributed by atoms with Gasteiger partial charge in [-0.05, 0) is 45.3 Å². The average molecular weight is 276 g/mol. The molecule has 110 valence electrons. The monoisotopic (exact) mass is 276 g/mol. The molecule has 1 saturated carbocycles. The van der Waals surface area contributed by atoms with Crippen molar-refractivity contribution in [1.29, 1.82) is 0 Å². The van der Waals surface area contributed by atoms with E-state index in [2.05, 4.69) is 27.5 Å². The fourth-order valence-corrected chi connectivity index (χ4v) is 3.42. The Kier molecular flexibility index (Phi) is 4.05. The molecule has 1 saturated heterocycles. The van der Waals surface area contributed by atoms with E-state index in [0.29, 0.717) is 17.8 Å². The first-order chi connectivity index (χ1) is 9.74. The molecular weight excluding hydrogens is 252 g/mol. The maximum absolute atomic E-state index is 12.2. The summed E-state index contributed by atoms with van der Waals surface area (Å²) >= 11 is 0. The maximum atomic E-state index is 12.2. The number of aromatic amines is 1. The standard InChI is InChI=1S/C15H24N4O/c1-19-9-5-4-8-14(19)12-10-13(18-17-12)15(20)16-11-6-2-3-7-11/h10-11,14H,2-9H2,1H3,(H,16,20)(H,17,18). The van der Waals surface area contributed by atoms with Crippen LogP contribution in [0.1, 0.15) is 67.2 Å². The molecule has 2 aliphatic rings. The molecule has 1 unspecified atom stereocenters. The van der Waals surface area contributed by atoms with Gasteiger partial charge in [0.2, 0.25) is 0 Å². The Morgan fingerprint density at radius 1 is 1.30 bits per heavy atom. The summed E-state index contributed by atoms with van der Waals surface area (Å²) in [5.41, 5.74) is 1.61. The highest BCUT2D eigenvalue weighted by atomic mass is 16.2. The first-order valence-corrected chi connectivity index (χ1v) is 7.80. The Morgan fingerprint density at radius 3 is 2.80 bits per heavy atom. The van der Waals surface area contributed by atoms with Gasteiger partial charge in [-0.25, -0.2) is 0 Å². The van der Waals surface area contributed by atoms with Gasteiger partial charge in [-0.15, -0.1) is 0 Å². The van der Waals surface area contributed by atoms with Crippen molar-refractivity contribution in [2.75, 3.05) is 13.6 Å². The maximum Gasteiger partial charge on any atom is 0.271 e. The number of carbonyl (C=O) groups excluding carboxylic acids is 1. The minimum atomic E-state index is -0.0298. The van der Waals surface area contributed by atoms with Crippen molar-refractivity contribution in [3.05, 3.63) is 17.5 Å². The number of hydrogen-bond acceptors (Lipinski definition) is 3. The second kappa shape index (κ2) is 5.95. The van der Waals surface area contributed by atoms with Gasteiger partial charge in [-0.3, -0.25) is 14.8 Å². The van der Waals surface area contributed by atoms with E-state index >= 15 is 0 Å². The van der Waals surface area contributed by atoms with Crippen molar-refractivity contribution >= 4 is 5.91 Å². The summed E-state index contributed by atoms with van der Waals surface area (Å²) in [4.78, 5) is 14.5. The number of likely N-dealkylation sites (tertiary alicyclic amines) is 1. The third kappa shape index (κ3) is 2.87. The van der Waals surface area contributed by atoms with Gasteiger partial charge in [0.15, 0.2) is 0 Å². The molecule has 0 bridgehead atoms. The summed E-state index contributed by atoms with van der Waals surface area (Å²) in [6.07, 6.45) is 8.31. The van der Waals surface area contributed by atoms with Crippen LogP contribution >= 0.6 is 0 Å². The van der Waals surface area contributed by atoms with E-state index in [4.69, 9.17) is 0 Å². The lowest BCUT2D eigenvalue weighted by Crippen LogP contribution is -2.32. The van der Waals surface area contributed by atoms with Gasteiger partial charge in [0, 0.05) is 6.04 Å². The van der Waals surface area contributed by atoms with Gasteiger partial charge in [0.05, 0.1) is 11.7 Å². The summed E-state index contributed by atoms with van der Waals surface area (Å²) in [7, 11) is 2.14. The van der Waals surface area contributed by atoms with Gasteiger partial charge in [0.1, 0.15) is 5.69 Å². The van der Waals surface area contributed by atoms with Crippen LogP contribution in [0.4, 0.5) is 0 Å². The van der Waals surface area contributed by atoms with Crippen molar-refractivity contribution in [3.63, 3.8) is 0 Å². The minimum Gasteiger partial charge on any atom is -0.348 e. The minimum absolute atomic E-state index is 0.0298. The molecule has 2 fully saturated rings. The number of rotatable bonds is 3. The third-order valence-electron chi connectivity index (χ3n) is 4.65. The molecule has 5 heteroatoms. The lowest BCUT2D eigenvalue weighted by molar-refractivity contribution is 0.0933. The normalized spacial score (nSPS) is 24.9. The Hall–Kier alpha value is -1.36. The molecule has 3 rings (SSSR count). The summed E-state index contributed by atoms with van der Waals surface area (Å²) in [6.45, 7) is 1.12. The average Bonchev–Trinajstić information content (AvgIpc) is 3.10. The first-order valence-electron chi connectivity index (χ1n) is 7.80. The van der Waals surface area contributed by atoms with Crippen molar-refractivity contribution in [2.24, 2.45) is 0 Å². The van der Waals surface area contributed by atoms with E-state index < -0.39 is 0 Å². The zero-order chi connectivity index (χ0) is 13.9. The molecule has 1 aliphatic carbocycles. The van der Waals surface area contributed by atoms with Crippen LogP contribution in [-0.2, 0) is 0 Å². The molecule has 5 nitrogen and oxygen atoms in total. The van der Waals surface area contributed by atoms with Crippen LogP contribution in [0.25, 0.3) is 0 Å². The predicted octanol–water partition coefficient (Wildman–Crippen LogP) is 2.24. The topological polar surface area (TPSA) is 61.0 Å². The van der Waals surface area contributed by atoms with Gasteiger partial charge < -0.3 is 5.32 Å². The molecule has 2 heterocycles. The zero-order valence-corrected chi connectivity index (χ0v) is 12.2. The molecule has 20 heavy (non-hydrogen) atoms. The van der Waals surface area contributed by atoms with E-state index in [1.807, 2.05) is 6.07 Å².